The van der Waals surface area contributed by atoms with Crippen molar-refractivity contribution in [3.8, 4) is 6.07 Å². The molecular formula is C13H16N2O3. The van der Waals surface area contributed by atoms with Crippen LogP contribution in [-0.2, 0) is 0 Å². The first-order valence-electron chi connectivity index (χ1n) is 5.61. The second kappa shape index (κ2) is 6.87. The molecule has 1 aromatic rings. The minimum Gasteiger partial charge on any atom is -0.389 e. The van der Waals surface area contributed by atoms with E-state index in [9.17, 15) is 15.0 Å². The maximum absolute atomic E-state index is 11.7. The highest BCUT2D eigenvalue weighted by molar-refractivity contribution is 5.98. The third kappa shape index (κ3) is 3.37. The molecule has 0 aliphatic carbocycles. The molecule has 0 bridgehead atoms. The van der Waals surface area contributed by atoms with Gasteiger partial charge in [-0.1, -0.05) is 24.3 Å². The van der Waals surface area contributed by atoms with Crippen molar-refractivity contribution in [3.63, 3.8) is 0 Å². The number of likely N-dealkylation sites (N-methyl/N-ethyl adjacent to an activating group) is 1. The van der Waals surface area contributed by atoms with Crippen molar-refractivity contribution >= 4 is 5.78 Å². The number of nitriles is 1. The number of benzene rings is 1. The van der Waals surface area contributed by atoms with Gasteiger partial charge in [-0.15, -0.1) is 0 Å². The number of Topliss-reactive ketones (excluding diaryl/α,β-unsaturated/α-hetero) is 1. The molecule has 3 N–H and O–H groups in total. The number of nitrogens with zero attached hydrogens (tertiary/aromatic N) is 1. The lowest BCUT2D eigenvalue weighted by Gasteiger charge is -2.19. The predicted molar refractivity (Wildman–Crippen MR) is 65.9 cm³/mol. The maximum atomic E-state index is 11.7. The van der Waals surface area contributed by atoms with Crippen LogP contribution >= 0.6 is 0 Å². The summed E-state index contributed by atoms with van der Waals surface area (Å²) in [5.74, 6) is -0.358. The van der Waals surface area contributed by atoms with E-state index in [4.69, 9.17) is 5.26 Å². The summed E-state index contributed by atoms with van der Waals surface area (Å²) in [6.07, 6.45) is -2.41. The van der Waals surface area contributed by atoms with Gasteiger partial charge < -0.3 is 15.5 Å². The van der Waals surface area contributed by atoms with Crippen LogP contribution in [0.4, 0.5) is 0 Å². The summed E-state index contributed by atoms with van der Waals surface area (Å²) in [4.78, 5) is 11.7. The average Bonchev–Trinajstić information content (AvgIpc) is 2.38. The first-order valence-corrected chi connectivity index (χ1v) is 5.61. The monoisotopic (exact) mass is 248 g/mol. The minimum atomic E-state index is -1.16. The number of nitrogens with one attached hydrogen (secondary N) is 1. The molecule has 0 saturated heterocycles. The van der Waals surface area contributed by atoms with Crippen molar-refractivity contribution in [2.75, 3.05) is 13.6 Å². The van der Waals surface area contributed by atoms with Gasteiger partial charge in [-0.2, -0.15) is 5.26 Å². The molecule has 0 aromatic heterocycles. The fourth-order valence-corrected chi connectivity index (χ4v) is 1.70. The lowest BCUT2D eigenvalue weighted by molar-refractivity contribution is 0.0197. The van der Waals surface area contributed by atoms with Gasteiger partial charge in [0, 0.05) is 12.1 Å². The molecule has 5 nitrogen and oxygen atoms in total. The lowest BCUT2D eigenvalue weighted by atomic mass is 9.95. The molecule has 0 fully saturated rings. The van der Waals surface area contributed by atoms with Crippen molar-refractivity contribution in [3.05, 3.63) is 35.4 Å². The van der Waals surface area contributed by atoms with Gasteiger partial charge in [0.1, 0.15) is 6.10 Å². The van der Waals surface area contributed by atoms with Gasteiger partial charge in [0.15, 0.2) is 5.78 Å². The second-order valence-corrected chi connectivity index (χ2v) is 3.92. The normalized spacial score (nSPS) is 13.7. The van der Waals surface area contributed by atoms with Crippen molar-refractivity contribution < 1.29 is 15.0 Å². The molecule has 2 atom stereocenters. The molecule has 0 heterocycles. The Labute approximate surface area is 106 Å². The Kier molecular flexibility index (Phi) is 5.46. The van der Waals surface area contributed by atoms with Crippen molar-refractivity contribution in [2.45, 2.75) is 18.6 Å². The minimum absolute atomic E-state index is 0.210. The number of rotatable bonds is 6. The summed E-state index contributed by atoms with van der Waals surface area (Å²) in [5, 5.41) is 31.0. The zero-order chi connectivity index (χ0) is 13.5. The molecule has 5 heteroatoms. The Morgan fingerprint density at radius 2 is 2.11 bits per heavy atom. The van der Waals surface area contributed by atoms with Crippen LogP contribution in [0.3, 0.4) is 0 Å². The highest BCUT2D eigenvalue weighted by atomic mass is 16.3. The Morgan fingerprint density at radius 3 is 2.72 bits per heavy atom. The Hall–Kier alpha value is -1.74. The molecule has 0 aliphatic heterocycles. The molecule has 0 radical (unpaired) electrons. The molecule has 1 rings (SSSR count). The number of ketones is 1. The SMILES string of the molecule is CNCC(O)C(O)c1ccccc1C(=O)CC#N. The first-order chi connectivity index (χ1) is 8.61. The molecule has 0 aliphatic rings. The molecule has 0 spiro atoms. The predicted octanol–water partition coefficient (Wildman–Crippen LogP) is 0.397. The summed E-state index contributed by atoms with van der Waals surface area (Å²) in [6, 6.07) is 8.24. The van der Waals surface area contributed by atoms with Crippen LogP contribution in [0.5, 0.6) is 0 Å². The van der Waals surface area contributed by atoms with Gasteiger partial charge in [-0.25, -0.2) is 0 Å². The van der Waals surface area contributed by atoms with Crippen LogP contribution < -0.4 is 5.32 Å². The van der Waals surface area contributed by atoms with Gasteiger partial charge in [0.05, 0.1) is 18.6 Å². The zero-order valence-corrected chi connectivity index (χ0v) is 10.1. The first kappa shape index (κ1) is 14.3. The summed E-state index contributed by atoms with van der Waals surface area (Å²) < 4.78 is 0. The van der Waals surface area contributed by atoms with E-state index in [1.165, 1.54) is 0 Å². The largest absolute Gasteiger partial charge is 0.389 e. The fourth-order valence-electron chi connectivity index (χ4n) is 1.70. The van der Waals surface area contributed by atoms with E-state index in [-0.39, 0.29) is 24.3 Å². The second-order valence-electron chi connectivity index (χ2n) is 3.92. The van der Waals surface area contributed by atoms with Crippen LogP contribution in [-0.4, -0.2) is 35.7 Å². The smallest absolute Gasteiger partial charge is 0.177 e. The Bertz CT molecular complexity index is 454. The van der Waals surface area contributed by atoms with Crippen molar-refractivity contribution in [1.82, 2.24) is 5.32 Å². The van der Waals surface area contributed by atoms with E-state index in [0.29, 0.717) is 5.56 Å². The highest BCUT2D eigenvalue weighted by Gasteiger charge is 2.22. The van der Waals surface area contributed by atoms with Crippen LogP contribution in [0.1, 0.15) is 28.4 Å². The van der Waals surface area contributed by atoms with Crippen molar-refractivity contribution in [1.29, 1.82) is 5.26 Å². The Morgan fingerprint density at radius 1 is 1.44 bits per heavy atom. The number of aliphatic hydroxyl groups is 2. The third-order valence-corrected chi connectivity index (χ3v) is 2.60. The zero-order valence-electron chi connectivity index (χ0n) is 10.1. The number of carbonyl (C=O) groups is 1. The maximum Gasteiger partial charge on any atom is 0.177 e. The summed E-state index contributed by atoms with van der Waals surface area (Å²) in [5.41, 5.74) is 0.627. The average molecular weight is 248 g/mol. The quantitative estimate of drug-likeness (QED) is 0.633. The number of hydrogen-bond donors (Lipinski definition) is 3. The number of hydrogen-bond acceptors (Lipinski definition) is 5. The molecule has 96 valence electrons. The molecule has 1 aromatic carbocycles. The van der Waals surface area contributed by atoms with Crippen LogP contribution in [0, 0.1) is 11.3 Å². The van der Waals surface area contributed by atoms with E-state index in [2.05, 4.69) is 5.32 Å². The van der Waals surface area contributed by atoms with Crippen LogP contribution in [0.25, 0.3) is 0 Å². The molecule has 0 saturated carbocycles. The number of carbonyl (C=O) groups excluding carboxylic acids is 1. The van der Waals surface area contributed by atoms with Gasteiger partial charge >= 0.3 is 0 Å². The summed E-state index contributed by atoms with van der Waals surface area (Å²) >= 11 is 0. The van der Waals surface area contributed by atoms with E-state index in [1.54, 1.807) is 37.4 Å². The van der Waals surface area contributed by atoms with Gasteiger partial charge in [0.25, 0.3) is 0 Å². The summed E-state index contributed by atoms with van der Waals surface area (Å²) in [6.45, 7) is 0.210. The lowest BCUT2D eigenvalue weighted by Crippen LogP contribution is -2.30. The number of aliphatic hydroxyl groups excluding tert-OH is 2. The fraction of sp³-hybridized carbons (Fsp3) is 0.385. The highest BCUT2D eigenvalue weighted by Crippen LogP contribution is 2.22. The van der Waals surface area contributed by atoms with Crippen LogP contribution in [0.15, 0.2) is 24.3 Å². The van der Waals surface area contributed by atoms with Crippen LogP contribution in [0.2, 0.25) is 0 Å². The summed E-state index contributed by atoms with van der Waals surface area (Å²) in [7, 11) is 1.66. The molecular weight excluding hydrogens is 232 g/mol. The molecule has 2 unspecified atom stereocenters. The molecule has 18 heavy (non-hydrogen) atoms. The van der Waals surface area contributed by atoms with E-state index in [0.717, 1.165) is 0 Å². The van der Waals surface area contributed by atoms with E-state index in [1.807, 2.05) is 0 Å². The van der Waals surface area contributed by atoms with E-state index >= 15 is 0 Å². The van der Waals surface area contributed by atoms with Crippen molar-refractivity contribution in [2.24, 2.45) is 0 Å². The standard InChI is InChI=1S/C13H16N2O3/c1-15-8-12(17)13(18)10-5-3-2-4-9(10)11(16)6-7-14/h2-5,12-13,15,17-18H,6,8H2,1H3. The van der Waals surface area contributed by atoms with Gasteiger partial charge in [-0.3, -0.25) is 4.79 Å². The van der Waals surface area contributed by atoms with E-state index < -0.39 is 12.2 Å². The molecule has 0 amide bonds. The third-order valence-electron chi connectivity index (χ3n) is 2.60. The van der Waals surface area contributed by atoms with Gasteiger partial charge in [0.2, 0.25) is 0 Å². The van der Waals surface area contributed by atoms with Gasteiger partial charge in [-0.05, 0) is 12.6 Å². The Balaban J connectivity index is 3.02. The topological polar surface area (TPSA) is 93.3 Å².